The zero-order valence-electron chi connectivity index (χ0n) is 8.04. The molecule has 0 aliphatic heterocycles. The summed E-state index contributed by atoms with van der Waals surface area (Å²) in [4.78, 5) is 0. The summed E-state index contributed by atoms with van der Waals surface area (Å²) in [5.41, 5.74) is 0.373. The lowest BCUT2D eigenvalue weighted by molar-refractivity contribution is 0.133. The van der Waals surface area contributed by atoms with Crippen molar-refractivity contribution in [2.45, 2.75) is 32.8 Å². The van der Waals surface area contributed by atoms with Gasteiger partial charge < -0.3 is 10.2 Å². The Balaban J connectivity index is 3.83. The minimum Gasteiger partial charge on any atom is -0.392 e. The Kier molecular flexibility index (Phi) is 4.86. The molecule has 2 N–H and O–H groups in total. The molecule has 0 fully saturated rings. The van der Waals surface area contributed by atoms with E-state index in [1.54, 1.807) is 26.0 Å². The first-order valence-electron chi connectivity index (χ1n) is 4.12. The van der Waals surface area contributed by atoms with E-state index in [4.69, 9.17) is 5.11 Å². The molecule has 0 aliphatic rings. The van der Waals surface area contributed by atoms with Crippen LogP contribution in [0.15, 0.2) is 23.8 Å². The fourth-order valence-corrected chi connectivity index (χ4v) is 0.772. The molecule has 0 aliphatic carbocycles. The molecule has 0 aromatic heterocycles. The Hall–Kier alpha value is -0.600. The summed E-state index contributed by atoms with van der Waals surface area (Å²) in [5, 5.41) is 17.9. The van der Waals surface area contributed by atoms with Gasteiger partial charge in [-0.25, -0.2) is 0 Å². The summed E-state index contributed by atoms with van der Waals surface area (Å²) in [6.07, 6.45) is 6.20. The van der Waals surface area contributed by atoms with Gasteiger partial charge in [-0.1, -0.05) is 23.8 Å². The maximum Gasteiger partial charge on any atom is 0.0771 e. The van der Waals surface area contributed by atoms with Gasteiger partial charge in [-0.2, -0.15) is 0 Å². The number of aliphatic hydroxyl groups excluding tert-OH is 1. The second-order valence-electron chi connectivity index (χ2n) is 3.49. The van der Waals surface area contributed by atoms with E-state index in [1.807, 2.05) is 13.0 Å². The summed E-state index contributed by atoms with van der Waals surface area (Å²) in [6, 6.07) is 0. The third kappa shape index (κ3) is 7.51. The molecular formula is C10H18O2. The van der Waals surface area contributed by atoms with Crippen LogP contribution in [0.25, 0.3) is 0 Å². The van der Waals surface area contributed by atoms with Crippen molar-refractivity contribution >= 4 is 0 Å². The molecule has 0 spiro atoms. The zero-order chi connectivity index (χ0) is 9.61. The van der Waals surface area contributed by atoms with Crippen molar-refractivity contribution in [1.29, 1.82) is 0 Å². The van der Waals surface area contributed by atoms with E-state index >= 15 is 0 Å². The van der Waals surface area contributed by atoms with Gasteiger partial charge in [0.25, 0.3) is 0 Å². The molecule has 12 heavy (non-hydrogen) atoms. The molecule has 0 saturated heterocycles. The van der Waals surface area contributed by atoms with Crippen LogP contribution >= 0.6 is 0 Å². The van der Waals surface area contributed by atoms with E-state index in [9.17, 15) is 5.11 Å². The Bertz CT molecular complexity index is 173. The molecule has 0 atom stereocenters. The predicted octanol–water partition coefficient (Wildman–Crippen LogP) is 1.64. The summed E-state index contributed by atoms with van der Waals surface area (Å²) in [6.45, 7) is 5.50. The van der Waals surface area contributed by atoms with Crippen molar-refractivity contribution in [1.82, 2.24) is 0 Å². The molecule has 0 saturated carbocycles. The van der Waals surface area contributed by atoms with Gasteiger partial charge in [-0.3, -0.25) is 0 Å². The van der Waals surface area contributed by atoms with Gasteiger partial charge in [-0.15, -0.1) is 0 Å². The van der Waals surface area contributed by atoms with Crippen LogP contribution in [0.5, 0.6) is 0 Å². The van der Waals surface area contributed by atoms with Crippen LogP contribution in [0.1, 0.15) is 27.2 Å². The average Bonchev–Trinajstić information content (AvgIpc) is 1.84. The molecule has 2 heteroatoms. The first kappa shape index (κ1) is 11.4. The van der Waals surface area contributed by atoms with Gasteiger partial charge in [0, 0.05) is 0 Å². The largest absolute Gasteiger partial charge is 0.392 e. The monoisotopic (exact) mass is 170 g/mol. The highest BCUT2D eigenvalue weighted by Gasteiger charge is 2.04. The highest BCUT2D eigenvalue weighted by Crippen LogP contribution is 2.06. The predicted molar refractivity (Wildman–Crippen MR) is 50.9 cm³/mol. The van der Waals surface area contributed by atoms with E-state index in [1.165, 1.54) is 0 Å². The van der Waals surface area contributed by atoms with Crippen molar-refractivity contribution in [2.24, 2.45) is 0 Å². The van der Waals surface area contributed by atoms with E-state index in [0.29, 0.717) is 0 Å². The fourth-order valence-electron chi connectivity index (χ4n) is 0.772. The van der Waals surface area contributed by atoms with Gasteiger partial charge in [0.05, 0.1) is 12.2 Å². The zero-order valence-corrected chi connectivity index (χ0v) is 8.04. The minimum absolute atomic E-state index is 0.0855. The Morgan fingerprint density at radius 2 is 2.00 bits per heavy atom. The maximum atomic E-state index is 9.30. The number of hydrogen-bond acceptors (Lipinski definition) is 2. The molecule has 0 radical (unpaired) electrons. The van der Waals surface area contributed by atoms with Crippen LogP contribution in [-0.2, 0) is 0 Å². The van der Waals surface area contributed by atoms with Crippen LogP contribution in [0.3, 0.4) is 0 Å². The van der Waals surface area contributed by atoms with Crippen molar-refractivity contribution in [2.75, 3.05) is 6.61 Å². The van der Waals surface area contributed by atoms with Crippen molar-refractivity contribution < 1.29 is 10.2 Å². The third-order valence-electron chi connectivity index (χ3n) is 1.41. The Morgan fingerprint density at radius 3 is 2.42 bits per heavy atom. The minimum atomic E-state index is -0.737. The van der Waals surface area contributed by atoms with Gasteiger partial charge in [0.1, 0.15) is 0 Å². The van der Waals surface area contributed by atoms with Gasteiger partial charge in [0.2, 0.25) is 0 Å². The second-order valence-corrected chi connectivity index (χ2v) is 3.49. The first-order chi connectivity index (χ1) is 5.45. The van der Waals surface area contributed by atoms with E-state index in [0.717, 1.165) is 12.0 Å². The molecule has 70 valence electrons. The number of rotatable bonds is 4. The number of allylic oxidation sites excluding steroid dienone is 2. The lowest BCUT2D eigenvalue weighted by atomic mass is 10.1. The molecule has 0 heterocycles. The molecule has 0 aromatic rings. The summed E-state index contributed by atoms with van der Waals surface area (Å²) >= 11 is 0. The Labute approximate surface area is 74.2 Å². The molecule has 0 rings (SSSR count). The smallest absolute Gasteiger partial charge is 0.0771 e. The molecule has 0 aromatic carbocycles. The van der Waals surface area contributed by atoms with Gasteiger partial charge in [0.15, 0.2) is 0 Å². The molecule has 2 nitrogen and oxygen atoms in total. The van der Waals surface area contributed by atoms with Crippen molar-refractivity contribution in [3.8, 4) is 0 Å². The highest BCUT2D eigenvalue weighted by molar-refractivity contribution is 5.07. The second kappa shape index (κ2) is 5.12. The quantitative estimate of drug-likeness (QED) is 0.630. The topological polar surface area (TPSA) is 40.5 Å². The lowest BCUT2D eigenvalue weighted by Gasteiger charge is -2.09. The van der Waals surface area contributed by atoms with Crippen LogP contribution in [0.2, 0.25) is 0 Å². The summed E-state index contributed by atoms with van der Waals surface area (Å²) in [5.74, 6) is 0. The molecule has 0 unspecified atom stereocenters. The van der Waals surface area contributed by atoms with E-state index in [2.05, 4.69) is 0 Å². The van der Waals surface area contributed by atoms with Gasteiger partial charge >= 0.3 is 0 Å². The molecular weight excluding hydrogens is 152 g/mol. The van der Waals surface area contributed by atoms with E-state index in [-0.39, 0.29) is 6.61 Å². The van der Waals surface area contributed by atoms with E-state index < -0.39 is 5.60 Å². The summed E-state index contributed by atoms with van der Waals surface area (Å²) in [7, 11) is 0. The van der Waals surface area contributed by atoms with Crippen molar-refractivity contribution in [3.63, 3.8) is 0 Å². The van der Waals surface area contributed by atoms with Crippen molar-refractivity contribution in [3.05, 3.63) is 23.8 Å². The summed E-state index contributed by atoms with van der Waals surface area (Å²) < 4.78 is 0. The molecule has 0 amide bonds. The fraction of sp³-hybridized carbons (Fsp3) is 0.600. The maximum absolute atomic E-state index is 9.30. The third-order valence-corrected chi connectivity index (χ3v) is 1.41. The SMILES string of the molecule is C/C(=C/CO)C/C=C/C(C)(C)O. The van der Waals surface area contributed by atoms with Crippen LogP contribution in [0, 0.1) is 0 Å². The normalized spacial score (nSPS) is 14.2. The molecule has 0 bridgehead atoms. The number of hydrogen-bond donors (Lipinski definition) is 2. The average molecular weight is 170 g/mol. The standard InChI is InChI=1S/C10H18O2/c1-9(6-8-11)5-4-7-10(2,3)12/h4,6-7,11-12H,5,8H2,1-3H3/b7-4+,9-6-. The van der Waals surface area contributed by atoms with Crippen LogP contribution in [0.4, 0.5) is 0 Å². The first-order valence-corrected chi connectivity index (χ1v) is 4.12. The Morgan fingerprint density at radius 1 is 1.42 bits per heavy atom. The van der Waals surface area contributed by atoms with Crippen LogP contribution < -0.4 is 0 Å². The number of aliphatic hydroxyl groups is 2. The van der Waals surface area contributed by atoms with Crippen LogP contribution in [-0.4, -0.2) is 22.4 Å². The lowest BCUT2D eigenvalue weighted by Crippen LogP contribution is -2.13. The van der Waals surface area contributed by atoms with Gasteiger partial charge in [-0.05, 0) is 27.2 Å². The highest BCUT2D eigenvalue weighted by atomic mass is 16.3.